The zero-order valence-electron chi connectivity index (χ0n) is 24.4. The normalized spacial score (nSPS) is 30.6. The van der Waals surface area contributed by atoms with Crippen molar-refractivity contribution >= 4 is 28.9 Å². The molecule has 2 amide bonds. The minimum atomic E-state index is -1.46. The number of nitrogens with one attached hydrogen (secondary N) is 2. The van der Waals surface area contributed by atoms with Gasteiger partial charge in [-0.25, -0.2) is 9.59 Å². The molecule has 4 aliphatic carbocycles. The van der Waals surface area contributed by atoms with Gasteiger partial charge in [0.15, 0.2) is 0 Å². The van der Waals surface area contributed by atoms with E-state index in [2.05, 4.69) is 10.3 Å². The van der Waals surface area contributed by atoms with Gasteiger partial charge in [-0.3, -0.25) is 4.79 Å². The fourth-order valence-electron chi connectivity index (χ4n) is 8.63. The van der Waals surface area contributed by atoms with Gasteiger partial charge in [-0.05, 0) is 86.5 Å². The Morgan fingerprint density at radius 2 is 1.63 bits per heavy atom. The molecule has 1 aromatic heterocycles. The molecule has 226 valence electrons. The summed E-state index contributed by atoms with van der Waals surface area (Å²) in [6, 6.07) is 15.9. The van der Waals surface area contributed by atoms with Gasteiger partial charge < -0.3 is 29.8 Å². The molecule has 9 heteroatoms. The van der Waals surface area contributed by atoms with Crippen LogP contribution in [0.25, 0.3) is 10.9 Å². The Balaban J connectivity index is 1.14. The van der Waals surface area contributed by atoms with E-state index in [0.29, 0.717) is 17.6 Å². The second-order valence-corrected chi connectivity index (χ2v) is 13.4. The Labute approximate surface area is 250 Å². The smallest absolute Gasteiger partial charge is 0.408 e. The van der Waals surface area contributed by atoms with Crippen LogP contribution in [0.1, 0.15) is 51.0 Å². The van der Waals surface area contributed by atoms with Crippen molar-refractivity contribution in [2.45, 2.75) is 75.7 Å². The van der Waals surface area contributed by atoms with Crippen LogP contribution in [0.15, 0.2) is 60.8 Å². The summed E-state index contributed by atoms with van der Waals surface area (Å²) in [6.07, 6.45) is 6.64. The fourth-order valence-corrected chi connectivity index (χ4v) is 8.63. The number of alkyl carbamates (subject to hydrolysis) is 1. The first kappa shape index (κ1) is 27.8. The lowest BCUT2D eigenvalue weighted by atomic mass is 9.55. The number of hydrogen-bond donors (Lipinski definition) is 3. The van der Waals surface area contributed by atoms with E-state index < -0.39 is 35.7 Å². The third kappa shape index (κ3) is 5.34. The highest BCUT2D eigenvalue weighted by Crippen LogP contribution is 2.54. The molecule has 5 fully saturated rings. The van der Waals surface area contributed by atoms with Crippen LogP contribution in [0.5, 0.6) is 5.75 Å². The molecule has 8 rings (SSSR count). The molecule has 0 spiro atoms. The van der Waals surface area contributed by atoms with E-state index in [9.17, 15) is 19.5 Å². The summed E-state index contributed by atoms with van der Waals surface area (Å²) in [5, 5.41) is 14.0. The molecular weight excluding hydrogens is 546 g/mol. The van der Waals surface area contributed by atoms with E-state index in [-0.39, 0.29) is 25.5 Å². The Kier molecular flexibility index (Phi) is 7.06. The van der Waals surface area contributed by atoms with Crippen LogP contribution in [-0.4, -0.2) is 63.3 Å². The molecule has 2 heterocycles. The zero-order chi connectivity index (χ0) is 29.7. The monoisotopic (exact) mass is 585 g/mol. The number of carboxylic acids is 1. The highest BCUT2D eigenvalue weighted by atomic mass is 16.6. The first-order valence-corrected chi connectivity index (χ1v) is 15.5. The number of likely N-dealkylation sites (tertiary alicyclic amines) is 1. The van der Waals surface area contributed by atoms with E-state index in [1.165, 1.54) is 11.3 Å². The number of carbonyl (C=O) groups is 3. The summed E-state index contributed by atoms with van der Waals surface area (Å²) in [4.78, 5) is 45.1. The van der Waals surface area contributed by atoms with Gasteiger partial charge >= 0.3 is 12.1 Å². The number of ether oxygens (including phenoxy) is 2. The molecule has 43 heavy (non-hydrogen) atoms. The van der Waals surface area contributed by atoms with Crippen molar-refractivity contribution in [2.75, 3.05) is 6.54 Å². The number of benzene rings is 2. The van der Waals surface area contributed by atoms with E-state index >= 15 is 0 Å². The van der Waals surface area contributed by atoms with Crippen molar-refractivity contribution in [3.63, 3.8) is 0 Å². The quantitative estimate of drug-likeness (QED) is 0.336. The number of hydrogen-bond acceptors (Lipinski definition) is 5. The maximum atomic E-state index is 14.4. The van der Waals surface area contributed by atoms with Crippen molar-refractivity contribution in [3.8, 4) is 5.75 Å². The van der Waals surface area contributed by atoms with Crippen LogP contribution in [0.4, 0.5) is 4.79 Å². The number of fused-ring (bicyclic) bond motifs is 1. The average molecular weight is 586 g/mol. The van der Waals surface area contributed by atoms with Crippen molar-refractivity contribution in [2.24, 2.45) is 23.7 Å². The molecule has 1 saturated heterocycles. The van der Waals surface area contributed by atoms with Crippen LogP contribution < -0.4 is 10.1 Å². The van der Waals surface area contributed by atoms with Gasteiger partial charge in [0.2, 0.25) is 5.91 Å². The lowest BCUT2D eigenvalue weighted by Gasteiger charge is -2.53. The summed E-state index contributed by atoms with van der Waals surface area (Å²) >= 11 is 0. The molecule has 0 radical (unpaired) electrons. The largest absolute Gasteiger partial charge is 0.488 e. The number of carbonyl (C=O) groups excluding carboxylic acids is 2. The standard InChI is InChI=1S/C34H39N3O6/c1-34(17-24-18-35-28-10-6-5-9-27(24)28,36-33(41)43-30-22-12-20-11-21(14-22)15-23(30)13-20)32(40)37-19-26(16-29(37)31(38)39)42-25-7-3-2-4-8-25/h2-10,18,20-23,26,29-30,35H,11-17,19H2,1H3,(H,36,41)(H,38,39)/t20?,21?,22?,23?,26-,29+,30?,34+/m0/s1. The molecule has 2 aromatic carbocycles. The Hall–Kier alpha value is -4.01. The predicted octanol–water partition coefficient (Wildman–Crippen LogP) is 5.15. The fraction of sp³-hybridized carbons (Fsp3) is 0.500. The third-order valence-electron chi connectivity index (χ3n) is 10.3. The average Bonchev–Trinajstić information content (AvgIpc) is 3.59. The summed E-state index contributed by atoms with van der Waals surface area (Å²) in [5.74, 6) is 1.29. The number of H-pyrrole nitrogens is 1. The molecule has 0 unspecified atom stereocenters. The number of para-hydroxylation sites is 2. The first-order valence-electron chi connectivity index (χ1n) is 15.5. The number of carboxylic acid groups (broad SMARTS) is 1. The predicted molar refractivity (Wildman–Crippen MR) is 159 cm³/mol. The molecular formula is C34H39N3O6. The number of aliphatic carboxylic acids is 1. The van der Waals surface area contributed by atoms with Gasteiger partial charge in [0.05, 0.1) is 6.54 Å². The van der Waals surface area contributed by atoms with Gasteiger partial charge in [0.1, 0.15) is 29.5 Å². The Morgan fingerprint density at radius 3 is 2.33 bits per heavy atom. The second-order valence-electron chi connectivity index (χ2n) is 13.4. The molecule has 4 saturated carbocycles. The molecule has 3 aromatic rings. The van der Waals surface area contributed by atoms with E-state index in [0.717, 1.165) is 54.0 Å². The summed E-state index contributed by atoms with van der Waals surface area (Å²) < 4.78 is 12.2. The number of amides is 2. The van der Waals surface area contributed by atoms with Gasteiger partial charge in [-0.1, -0.05) is 36.4 Å². The van der Waals surface area contributed by atoms with Gasteiger partial charge in [-0.15, -0.1) is 0 Å². The molecule has 5 aliphatic rings. The SMILES string of the molecule is C[C@](Cc1c[nH]c2ccccc12)(NC(=O)OC1C2CC3CC(C2)CC1C3)C(=O)N1C[C@@H](Oc2ccccc2)C[C@@H]1C(=O)O. The lowest BCUT2D eigenvalue weighted by Crippen LogP contribution is -2.61. The first-order chi connectivity index (χ1) is 20.8. The Bertz CT molecular complexity index is 1490. The van der Waals surface area contributed by atoms with Crippen molar-refractivity contribution in [1.29, 1.82) is 0 Å². The molecule has 4 bridgehead atoms. The molecule has 9 nitrogen and oxygen atoms in total. The van der Waals surface area contributed by atoms with Gasteiger partial charge in [0.25, 0.3) is 0 Å². The van der Waals surface area contributed by atoms with Crippen LogP contribution in [0.2, 0.25) is 0 Å². The molecule has 1 aliphatic heterocycles. The van der Waals surface area contributed by atoms with E-state index in [1.54, 1.807) is 6.92 Å². The topological polar surface area (TPSA) is 121 Å². The summed E-state index contributed by atoms with van der Waals surface area (Å²) in [7, 11) is 0. The zero-order valence-corrected chi connectivity index (χ0v) is 24.4. The van der Waals surface area contributed by atoms with Crippen molar-refractivity contribution in [3.05, 3.63) is 66.4 Å². The van der Waals surface area contributed by atoms with Gasteiger partial charge in [-0.2, -0.15) is 0 Å². The maximum absolute atomic E-state index is 14.4. The van der Waals surface area contributed by atoms with Crippen molar-refractivity contribution < 1.29 is 29.0 Å². The summed E-state index contributed by atoms with van der Waals surface area (Å²) in [5.41, 5.74) is 0.317. The number of aromatic nitrogens is 1. The van der Waals surface area contributed by atoms with Crippen LogP contribution in [0.3, 0.4) is 0 Å². The van der Waals surface area contributed by atoms with Gasteiger partial charge in [0, 0.05) is 29.9 Å². The maximum Gasteiger partial charge on any atom is 0.408 e. The highest BCUT2D eigenvalue weighted by molar-refractivity contribution is 5.94. The lowest BCUT2D eigenvalue weighted by molar-refractivity contribution is -0.151. The van der Waals surface area contributed by atoms with Crippen LogP contribution in [-0.2, 0) is 20.7 Å². The van der Waals surface area contributed by atoms with Crippen LogP contribution >= 0.6 is 0 Å². The third-order valence-corrected chi connectivity index (χ3v) is 10.3. The summed E-state index contributed by atoms with van der Waals surface area (Å²) in [6.45, 7) is 1.78. The second kappa shape index (κ2) is 10.9. The van der Waals surface area contributed by atoms with E-state index in [4.69, 9.17) is 9.47 Å². The molecule has 3 N–H and O–H groups in total. The van der Waals surface area contributed by atoms with Crippen molar-refractivity contribution in [1.82, 2.24) is 15.2 Å². The minimum absolute atomic E-state index is 0.0977. The Morgan fingerprint density at radius 1 is 0.953 bits per heavy atom. The number of rotatable bonds is 8. The van der Waals surface area contributed by atoms with E-state index in [1.807, 2.05) is 60.8 Å². The minimum Gasteiger partial charge on any atom is -0.488 e. The van der Waals surface area contributed by atoms with Crippen LogP contribution in [0, 0.1) is 23.7 Å². The number of nitrogens with zero attached hydrogens (tertiary/aromatic N) is 1. The molecule has 3 atom stereocenters. The highest BCUT2D eigenvalue weighted by Gasteiger charge is 2.51. The number of aromatic amines is 1.